The topological polar surface area (TPSA) is 52.6 Å². The standard InChI is InChI=1S/C19H30N2O2/c1-14-8-4-5-9-17(14)12-15(2)20-19(23)13-21-11-7-6-10-18(21)16(3)22/h4-5,8-9,15-16,18,22H,6-7,10-13H2,1-3H3,(H,20,23). The van der Waals surface area contributed by atoms with E-state index in [2.05, 4.69) is 29.3 Å². The van der Waals surface area contributed by atoms with Gasteiger partial charge in [0.2, 0.25) is 5.91 Å². The largest absolute Gasteiger partial charge is 0.392 e. The number of carbonyl (C=O) groups excluding carboxylic acids is 1. The predicted molar refractivity (Wildman–Crippen MR) is 93.4 cm³/mol. The summed E-state index contributed by atoms with van der Waals surface area (Å²) >= 11 is 0. The molecule has 1 saturated heterocycles. The molecule has 23 heavy (non-hydrogen) atoms. The molecule has 4 nitrogen and oxygen atoms in total. The van der Waals surface area contributed by atoms with Gasteiger partial charge in [0, 0.05) is 12.1 Å². The lowest BCUT2D eigenvalue weighted by Gasteiger charge is -2.37. The highest BCUT2D eigenvalue weighted by Crippen LogP contribution is 2.19. The third kappa shape index (κ3) is 5.33. The Kier molecular flexibility index (Phi) is 6.60. The minimum absolute atomic E-state index is 0.0543. The predicted octanol–water partition coefficient (Wildman–Crippen LogP) is 2.28. The van der Waals surface area contributed by atoms with E-state index in [9.17, 15) is 9.90 Å². The van der Waals surface area contributed by atoms with Crippen molar-refractivity contribution in [2.75, 3.05) is 13.1 Å². The van der Waals surface area contributed by atoms with Crippen LogP contribution in [0, 0.1) is 6.92 Å². The highest BCUT2D eigenvalue weighted by Gasteiger charge is 2.27. The maximum absolute atomic E-state index is 12.3. The van der Waals surface area contributed by atoms with E-state index < -0.39 is 0 Å². The monoisotopic (exact) mass is 318 g/mol. The molecule has 1 amide bonds. The first-order valence-electron chi connectivity index (χ1n) is 8.73. The van der Waals surface area contributed by atoms with Crippen molar-refractivity contribution in [1.29, 1.82) is 0 Å². The van der Waals surface area contributed by atoms with Crippen LogP contribution in [-0.4, -0.2) is 47.2 Å². The van der Waals surface area contributed by atoms with Crippen LogP contribution in [0.5, 0.6) is 0 Å². The first kappa shape index (κ1) is 18.0. The minimum atomic E-state index is -0.382. The van der Waals surface area contributed by atoms with Crippen molar-refractivity contribution in [1.82, 2.24) is 10.2 Å². The van der Waals surface area contributed by atoms with Gasteiger partial charge in [0.15, 0.2) is 0 Å². The fraction of sp³-hybridized carbons (Fsp3) is 0.632. The summed E-state index contributed by atoms with van der Waals surface area (Å²) in [5.74, 6) is 0.0543. The molecule has 0 bridgehead atoms. The van der Waals surface area contributed by atoms with Crippen LogP contribution >= 0.6 is 0 Å². The van der Waals surface area contributed by atoms with Gasteiger partial charge < -0.3 is 10.4 Å². The van der Waals surface area contributed by atoms with Crippen molar-refractivity contribution in [3.8, 4) is 0 Å². The molecular weight excluding hydrogens is 288 g/mol. The van der Waals surface area contributed by atoms with Crippen molar-refractivity contribution < 1.29 is 9.90 Å². The average Bonchev–Trinajstić information content (AvgIpc) is 2.49. The smallest absolute Gasteiger partial charge is 0.234 e. The van der Waals surface area contributed by atoms with Gasteiger partial charge in [-0.05, 0) is 57.7 Å². The van der Waals surface area contributed by atoms with Crippen LogP contribution < -0.4 is 5.32 Å². The number of nitrogens with zero attached hydrogens (tertiary/aromatic N) is 1. The molecule has 3 atom stereocenters. The summed E-state index contributed by atoms with van der Waals surface area (Å²) in [5, 5.41) is 13.0. The maximum Gasteiger partial charge on any atom is 0.234 e. The number of rotatable bonds is 6. The molecule has 1 aromatic carbocycles. The van der Waals surface area contributed by atoms with Crippen LogP contribution in [0.1, 0.15) is 44.2 Å². The molecule has 1 heterocycles. The molecule has 0 radical (unpaired) electrons. The fourth-order valence-corrected chi connectivity index (χ4v) is 3.48. The first-order valence-corrected chi connectivity index (χ1v) is 8.73. The second kappa shape index (κ2) is 8.46. The lowest BCUT2D eigenvalue weighted by molar-refractivity contribution is -0.124. The maximum atomic E-state index is 12.3. The number of piperidine rings is 1. The summed E-state index contributed by atoms with van der Waals surface area (Å²) in [6.45, 7) is 7.25. The quantitative estimate of drug-likeness (QED) is 0.846. The molecule has 1 fully saturated rings. The lowest BCUT2D eigenvalue weighted by Crippen LogP contribution is -2.50. The van der Waals surface area contributed by atoms with Crippen LogP contribution in [-0.2, 0) is 11.2 Å². The SMILES string of the molecule is Cc1ccccc1CC(C)NC(=O)CN1CCCCC1C(C)O. The van der Waals surface area contributed by atoms with Crippen molar-refractivity contribution in [2.45, 2.75) is 64.6 Å². The van der Waals surface area contributed by atoms with E-state index >= 15 is 0 Å². The zero-order valence-corrected chi connectivity index (χ0v) is 14.6. The zero-order valence-electron chi connectivity index (χ0n) is 14.6. The van der Waals surface area contributed by atoms with Gasteiger partial charge >= 0.3 is 0 Å². The van der Waals surface area contributed by atoms with E-state index in [1.165, 1.54) is 11.1 Å². The Bertz CT molecular complexity index is 516. The van der Waals surface area contributed by atoms with E-state index in [1.54, 1.807) is 0 Å². The second-order valence-corrected chi connectivity index (χ2v) is 6.87. The van der Waals surface area contributed by atoms with Gasteiger partial charge in [-0.15, -0.1) is 0 Å². The minimum Gasteiger partial charge on any atom is -0.392 e. The number of hydrogen-bond acceptors (Lipinski definition) is 3. The van der Waals surface area contributed by atoms with Crippen molar-refractivity contribution in [3.05, 3.63) is 35.4 Å². The van der Waals surface area contributed by atoms with Crippen molar-refractivity contribution >= 4 is 5.91 Å². The molecule has 0 aromatic heterocycles. The number of aliphatic hydroxyl groups is 1. The Morgan fingerprint density at radius 3 is 2.78 bits per heavy atom. The van der Waals surface area contributed by atoms with Gasteiger partial charge in [0.1, 0.15) is 0 Å². The molecule has 1 aliphatic rings. The molecule has 1 aromatic rings. The molecule has 0 spiro atoms. The van der Waals surface area contributed by atoms with Gasteiger partial charge in [0.25, 0.3) is 0 Å². The number of likely N-dealkylation sites (tertiary alicyclic amines) is 1. The molecule has 3 unspecified atom stereocenters. The van der Waals surface area contributed by atoms with Crippen LogP contribution in [0.25, 0.3) is 0 Å². The molecule has 0 saturated carbocycles. The second-order valence-electron chi connectivity index (χ2n) is 6.87. The van der Waals surface area contributed by atoms with E-state index in [0.717, 1.165) is 32.2 Å². The van der Waals surface area contributed by atoms with Crippen molar-refractivity contribution in [3.63, 3.8) is 0 Å². The van der Waals surface area contributed by atoms with Gasteiger partial charge in [-0.1, -0.05) is 30.7 Å². The van der Waals surface area contributed by atoms with E-state index in [-0.39, 0.29) is 24.1 Å². The highest BCUT2D eigenvalue weighted by atomic mass is 16.3. The molecule has 2 N–H and O–H groups in total. The molecule has 128 valence electrons. The normalized spacial score (nSPS) is 21.7. The van der Waals surface area contributed by atoms with Gasteiger partial charge in [-0.2, -0.15) is 0 Å². The summed E-state index contributed by atoms with van der Waals surface area (Å²) in [6.07, 6.45) is 3.68. The van der Waals surface area contributed by atoms with Gasteiger partial charge in [-0.3, -0.25) is 9.69 Å². The number of aliphatic hydroxyl groups excluding tert-OH is 1. The molecule has 1 aliphatic heterocycles. The molecular formula is C19H30N2O2. The van der Waals surface area contributed by atoms with Gasteiger partial charge in [-0.25, -0.2) is 0 Å². The highest BCUT2D eigenvalue weighted by molar-refractivity contribution is 5.78. The van der Waals surface area contributed by atoms with Crippen LogP contribution in [0.2, 0.25) is 0 Å². The summed E-state index contributed by atoms with van der Waals surface area (Å²) in [5.41, 5.74) is 2.54. The number of amides is 1. The number of nitrogens with one attached hydrogen (secondary N) is 1. The fourth-order valence-electron chi connectivity index (χ4n) is 3.48. The summed E-state index contributed by atoms with van der Waals surface area (Å²) in [4.78, 5) is 14.5. The third-order valence-corrected chi connectivity index (χ3v) is 4.76. The van der Waals surface area contributed by atoms with Crippen molar-refractivity contribution in [2.24, 2.45) is 0 Å². The molecule has 0 aliphatic carbocycles. The Hall–Kier alpha value is -1.39. The molecule has 4 heteroatoms. The Morgan fingerprint density at radius 1 is 1.35 bits per heavy atom. The molecule has 2 rings (SSSR count). The Balaban J connectivity index is 1.85. The van der Waals surface area contributed by atoms with Crippen LogP contribution in [0.3, 0.4) is 0 Å². The van der Waals surface area contributed by atoms with Crippen LogP contribution in [0.4, 0.5) is 0 Å². The van der Waals surface area contributed by atoms with Crippen LogP contribution in [0.15, 0.2) is 24.3 Å². The average molecular weight is 318 g/mol. The summed E-state index contributed by atoms with van der Waals surface area (Å²) in [7, 11) is 0. The summed E-state index contributed by atoms with van der Waals surface area (Å²) < 4.78 is 0. The van der Waals surface area contributed by atoms with E-state index in [1.807, 2.05) is 26.0 Å². The van der Waals surface area contributed by atoms with Gasteiger partial charge in [0.05, 0.1) is 12.6 Å². The lowest BCUT2D eigenvalue weighted by atomic mass is 9.98. The Morgan fingerprint density at radius 2 is 2.09 bits per heavy atom. The third-order valence-electron chi connectivity index (χ3n) is 4.76. The number of aryl methyl sites for hydroxylation is 1. The number of carbonyl (C=O) groups is 1. The first-order chi connectivity index (χ1) is 11.0. The Labute approximate surface area is 139 Å². The summed E-state index contributed by atoms with van der Waals surface area (Å²) in [6, 6.07) is 8.52. The zero-order chi connectivity index (χ0) is 16.8. The number of hydrogen-bond donors (Lipinski definition) is 2. The van der Waals surface area contributed by atoms with E-state index in [4.69, 9.17) is 0 Å². The number of benzene rings is 1. The van der Waals surface area contributed by atoms with E-state index in [0.29, 0.717) is 6.54 Å².